The van der Waals surface area contributed by atoms with Crippen molar-refractivity contribution in [3.8, 4) is 5.75 Å². The summed E-state index contributed by atoms with van der Waals surface area (Å²) in [4.78, 5) is 33.5. The molecule has 1 amide bonds. The number of hydrogen-bond donors (Lipinski definition) is 1. The van der Waals surface area contributed by atoms with E-state index < -0.39 is 0 Å². The topological polar surface area (TPSA) is 75.9 Å². The van der Waals surface area contributed by atoms with Gasteiger partial charge in [0.05, 0.1) is 24.1 Å². The fourth-order valence-electron chi connectivity index (χ4n) is 3.96. The van der Waals surface area contributed by atoms with Crippen molar-refractivity contribution in [3.63, 3.8) is 0 Å². The molecular weight excluding hydrogens is 492 g/mol. The van der Waals surface area contributed by atoms with Crippen LogP contribution in [0.25, 0.3) is 11.7 Å². The quantitative estimate of drug-likeness (QED) is 0.217. The molecule has 188 valence electrons. The summed E-state index contributed by atoms with van der Waals surface area (Å²) >= 11 is 6.72. The van der Waals surface area contributed by atoms with Gasteiger partial charge < -0.3 is 10.1 Å². The number of rotatable bonds is 10. The standard InChI is InChI=1S/C27H30N4O3S2/c1-4-5-6-7-14-28-24-21(25(32)30-16-18(2)8-13-23(30)29-24)15-22-26(33)31(27(35)36-22)17-19-9-11-20(34-3)12-10-19/h8-13,15-16,28H,4-7,14,17H2,1-3H3/b22-15+. The van der Waals surface area contributed by atoms with Gasteiger partial charge >= 0.3 is 0 Å². The number of pyridine rings is 1. The first-order valence-corrected chi connectivity index (χ1v) is 13.3. The maximum absolute atomic E-state index is 13.5. The zero-order chi connectivity index (χ0) is 25.7. The fraction of sp³-hybridized carbons (Fsp3) is 0.333. The van der Waals surface area contributed by atoms with Crippen LogP contribution in [0.3, 0.4) is 0 Å². The van der Waals surface area contributed by atoms with E-state index in [1.165, 1.54) is 16.2 Å². The zero-order valence-corrected chi connectivity index (χ0v) is 22.4. The van der Waals surface area contributed by atoms with Crippen molar-refractivity contribution in [3.05, 3.63) is 74.5 Å². The number of aromatic nitrogens is 2. The number of ether oxygens (including phenoxy) is 1. The van der Waals surface area contributed by atoms with Crippen LogP contribution in [-0.4, -0.2) is 38.2 Å². The minimum atomic E-state index is -0.222. The van der Waals surface area contributed by atoms with E-state index in [4.69, 9.17) is 21.9 Å². The average molecular weight is 523 g/mol. The zero-order valence-electron chi connectivity index (χ0n) is 20.7. The van der Waals surface area contributed by atoms with E-state index in [1.807, 2.05) is 43.3 Å². The molecule has 1 aromatic carbocycles. The maximum Gasteiger partial charge on any atom is 0.267 e. The van der Waals surface area contributed by atoms with Gasteiger partial charge in [-0.1, -0.05) is 68.4 Å². The summed E-state index contributed by atoms with van der Waals surface area (Å²) in [5.41, 5.74) is 2.58. The molecule has 0 atom stereocenters. The largest absolute Gasteiger partial charge is 0.497 e. The first kappa shape index (κ1) is 25.9. The summed E-state index contributed by atoms with van der Waals surface area (Å²) in [5.74, 6) is 1.02. The lowest BCUT2D eigenvalue weighted by Gasteiger charge is -2.14. The molecular formula is C27H30N4O3S2. The Kier molecular flexibility index (Phi) is 8.43. The maximum atomic E-state index is 13.5. The summed E-state index contributed by atoms with van der Waals surface area (Å²) in [6, 6.07) is 11.3. The molecule has 0 radical (unpaired) electrons. The molecule has 3 aromatic rings. The summed E-state index contributed by atoms with van der Waals surface area (Å²) in [7, 11) is 1.61. The molecule has 0 saturated carbocycles. The number of thiocarbonyl (C=S) groups is 1. The molecule has 0 spiro atoms. The fourth-order valence-corrected chi connectivity index (χ4v) is 5.20. The number of benzene rings is 1. The molecule has 1 aliphatic rings. The lowest BCUT2D eigenvalue weighted by molar-refractivity contribution is -0.122. The van der Waals surface area contributed by atoms with Crippen LogP contribution in [0.2, 0.25) is 0 Å². The predicted octanol–water partition coefficient (Wildman–Crippen LogP) is 5.41. The monoisotopic (exact) mass is 522 g/mol. The Morgan fingerprint density at radius 3 is 2.61 bits per heavy atom. The first-order valence-electron chi connectivity index (χ1n) is 12.1. The molecule has 1 aliphatic heterocycles. The van der Waals surface area contributed by atoms with E-state index in [9.17, 15) is 9.59 Å². The van der Waals surface area contributed by atoms with Gasteiger partial charge in [0, 0.05) is 12.7 Å². The first-order chi connectivity index (χ1) is 17.4. The number of carbonyl (C=O) groups is 1. The highest BCUT2D eigenvalue weighted by Gasteiger charge is 2.32. The Morgan fingerprint density at radius 2 is 1.89 bits per heavy atom. The smallest absolute Gasteiger partial charge is 0.267 e. The third kappa shape index (κ3) is 5.79. The number of anilines is 1. The van der Waals surface area contributed by atoms with Crippen LogP contribution in [0.5, 0.6) is 5.75 Å². The molecule has 1 N–H and O–H groups in total. The Labute approximate surface area is 220 Å². The minimum Gasteiger partial charge on any atom is -0.497 e. The minimum absolute atomic E-state index is 0.219. The van der Waals surface area contributed by atoms with Gasteiger partial charge in [-0.15, -0.1) is 0 Å². The molecule has 1 saturated heterocycles. The number of thioether (sulfide) groups is 1. The molecule has 3 heterocycles. The van der Waals surface area contributed by atoms with Crippen molar-refractivity contribution in [1.82, 2.24) is 14.3 Å². The van der Waals surface area contributed by atoms with Gasteiger partial charge in [-0.05, 0) is 48.7 Å². The van der Waals surface area contributed by atoms with Crippen molar-refractivity contribution < 1.29 is 9.53 Å². The van der Waals surface area contributed by atoms with Crippen molar-refractivity contribution in [1.29, 1.82) is 0 Å². The summed E-state index contributed by atoms with van der Waals surface area (Å²) in [5, 5.41) is 3.33. The van der Waals surface area contributed by atoms with Crippen molar-refractivity contribution in [2.75, 3.05) is 19.0 Å². The van der Waals surface area contributed by atoms with Crippen LogP contribution in [0.4, 0.5) is 5.82 Å². The normalized spacial score (nSPS) is 14.8. The van der Waals surface area contributed by atoms with Gasteiger partial charge in [-0.25, -0.2) is 4.98 Å². The molecule has 0 bridgehead atoms. The van der Waals surface area contributed by atoms with Gasteiger partial charge in [0.2, 0.25) is 0 Å². The highest BCUT2D eigenvalue weighted by atomic mass is 32.2. The molecule has 9 heteroatoms. The van der Waals surface area contributed by atoms with E-state index in [-0.39, 0.29) is 11.5 Å². The van der Waals surface area contributed by atoms with Gasteiger partial charge in [0.15, 0.2) is 0 Å². The van der Waals surface area contributed by atoms with Crippen molar-refractivity contribution >= 4 is 51.7 Å². The number of hydrogen-bond acceptors (Lipinski definition) is 7. The molecule has 1 fully saturated rings. The van der Waals surface area contributed by atoms with Crippen molar-refractivity contribution in [2.45, 2.75) is 46.1 Å². The van der Waals surface area contributed by atoms with Gasteiger partial charge in [0.1, 0.15) is 21.5 Å². The van der Waals surface area contributed by atoms with E-state index in [2.05, 4.69) is 12.2 Å². The Balaban J connectivity index is 1.65. The summed E-state index contributed by atoms with van der Waals surface area (Å²) in [6.07, 6.45) is 7.80. The molecule has 36 heavy (non-hydrogen) atoms. The number of aryl methyl sites for hydroxylation is 1. The Hall–Kier alpha value is -3.17. The van der Waals surface area contributed by atoms with Crippen LogP contribution in [0, 0.1) is 6.92 Å². The van der Waals surface area contributed by atoms with Gasteiger partial charge in [0.25, 0.3) is 11.5 Å². The number of unbranched alkanes of at least 4 members (excludes halogenated alkanes) is 3. The second kappa shape index (κ2) is 11.7. The summed E-state index contributed by atoms with van der Waals surface area (Å²) in [6.45, 7) is 5.15. The average Bonchev–Trinajstić information content (AvgIpc) is 3.14. The second-order valence-corrected chi connectivity index (χ2v) is 10.4. The third-order valence-corrected chi connectivity index (χ3v) is 7.35. The highest BCUT2D eigenvalue weighted by molar-refractivity contribution is 8.26. The molecule has 7 nitrogen and oxygen atoms in total. The van der Waals surface area contributed by atoms with E-state index >= 15 is 0 Å². The van der Waals surface area contributed by atoms with Crippen LogP contribution < -0.4 is 15.6 Å². The number of carbonyl (C=O) groups excluding carboxylic acids is 1. The molecule has 0 unspecified atom stereocenters. The summed E-state index contributed by atoms with van der Waals surface area (Å²) < 4.78 is 7.20. The number of nitrogens with one attached hydrogen (secondary N) is 1. The van der Waals surface area contributed by atoms with Crippen LogP contribution in [0.1, 0.15) is 49.3 Å². The second-order valence-electron chi connectivity index (χ2n) is 8.72. The lowest BCUT2D eigenvalue weighted by Crippen LogP contribution is -2.27. The van der Waals surface area contributed by atoms with Gasteiger partial charge in [-0.2, -0.15) is 0 Å². The van der Waals surface area contributed by atoms with Crippen molar-refractivity contribution in [2.24, 2.45) is 0 Å². The van der Waals surface area contributed by atoms with E-state index in [1.54, 1.807) is 24.3 Å². The molecule has 0 aliphatic carbocycles. The predicted molar refractivity (Wildman–Crippen MR) is 151 cm³/mol. The molecule has 2 aromatic heterocycles. The van der Waals surface area contributed by atoms with Crippen LogP contribution in [-0.2, 0) is 11.3 Å². The van der Waals surface area contributed by atoms with Crippen LogP contribution >= 0.6 is 24.0 Å². The van der Waals surface area contributed by atoms with E-state index in [0.717, 1.165) is 42.6 Å². The van der Waals surface area contributed by atoms with E-state index in [0.29, 0.717) is 39.3 Å². The Morgan fingerprint density at radius 1 is 1.11 bits per heavy atom. The number of amides is 1. The Bertz CT molecular complexity index is 1370. The number of nitrogens with zero attached hydrogens (tertiary/aromatic N) is 3. The van der Waals surface area contributed by atoms with Gasteiger partial charge in [-0.3, -0.25) is 18.9 Å². The molecule has 4 rings (SSSR count). The lowest BCUT2D eigenvalue weighted by atomic mass is 10.2. The number of fused-ring (bicyclic) bond motifs is 1. The van der Waals surface area contributed by atoms with Crippen LogP contribution in [0.15, 0.2) is 52.3 Å². The third-order valence-electron chi connectivity index (χ3n) is 5.98. The SMILES string of the molecule is CCCCCCNc1nc2ccc(C)cn2c(=O)c1/C=C1/SC(=S)N(Cc2ccc(OC)cc2)C1=O. The highest BCUT2D eigenvalue weighted by Crippen LogP contribution is 2.34. The number of methoxy groups -OCH3 is 1.